The lowest BCUT2D eigenvalue weighted by Crippen LogP contribution is -2.45. The summed E-state index contributed by atoms with van der Waals surface area (Å²) in [7, 11) is 0. The second kappa shape index (κ2) is 4.73. The zero-order valence-corrected chi connectivity index (χ0v) is 7.69. The van der Waals surface area contributed by atoms with E-state index in [1.54, 1.807) is 0 Å². The highest BCUT2D eigenvalue weighted by Gasteiger charge is 2.28. The molecule has 2 aliphatic rings. The molecule has 2 unspecified atom stereocenters. The monoisotopic (exact) mass is 156 g/mol. The van der Waals surface area contributed by atoms with Gasteiger partial charge >= 0.3 is 0 Å². The van der Waals surface area contributed by atoms with E-state index in [4.69, 9.17) is 0 Å². The van der Waals surface area contributed by atoms with Gasteiger partial charge in [0.15, 0.2) is 0 Å². The number of rotatable bonds is 0. The van der Waals surface area contributed by atoms with Gasteiger partial charge in [0, 0.05) is 12.1 Å². The molecule has 2 atom stereocenters. The smallest absolute Gasteiger partial charge is 0.0233 e. The molecule has 0 amide bonds. The number of nitrogens with one attached hydrogen (secondary N) is 2. The van der Waals surface area contributed by atoms with Gasteiger partial charge in [-0.15, -0.1) is 0 Å². The summed E-state index contributed by atoms with van der Waals surface area (Å²) >= 11 is 0. The van der Waals surface area contributed by atoms with Crippen LogP contribution >= 0.6 is 0 Å². The first-order chi connectivity index (χ1) is 5.47. The van der Waals surface area contributed by atoms with Gasteiger partial charge in [-0.1, -0.05) is 13.8 Å². The van der Waals surface area contributed by atoms with Gasteiger partial charge in [-0.25, -0.2) is 0 Å². The number of hydrogen-bond acceptors (Lipinski definition) is 2. The Morgan fingerprint density at radius 3 is 2.27 bits per heavy atom. The van der Waals surface area contributed by atoms with Crippen LogP contribution in [0.4, 0.5) is 0 Å². The SMILES string of the molecule is C1CNC2CCNC2C1.CC. The maximum absolute atomic E-state index is 3.52. The van der Waals surface area contributed by atoms with Crippen molar-refractivity contribution < 1.29 is 0 Å². The third-order valence-electron chi connectivity index (χ3n) is 2.45. The summed E-state index contributed by atoms with van der Waals surface area (Å²) in [5.74, 6) is 0. The molecular weight excluding hydrogens is 136 g/mol. The van der Waals surface area contributed by atoms with Crippen molar-refractivity contribution in [1.82, 2.24) is 10.6 Å². The molecular formula is C9H20N2. The predicted octanol–water partition coefficient (Wildman–Crippen LogP) is 1.13. The Morgan fingerprint density at radius 1 is 0.909 bits per heavy atom. The first kappa shape index (κ1) is 9.01. The molecule has 0 spiro atoms. The lowest BCUT2D eigenvalue weighted by atomic mass is 10.0. The van der Waals surface area contributed by atoms with Crippen molar-refractivity contribution in [2.45, 2.75) is 45.2 Å². The Bertz CT molecular complexity index is 91.7. The summed E-state index contributed by atoms with van der Waals surface area (Å²) in [6.07, 6.45) is 4.08. The highest BCUT2D eigenvalue weighted by atomic mass is 15.1. The third kappa shape index (κ3) is 2.17. The minimum Gasteiger partial charge on any atom is -0.312 e. The number of piperidine rings is 1. The Labute approximate surface area is 69.8 Å². The quantitative estimate of drug-likeness (QED) is 0.549. The molecule has 2 rings (SSSR count). The van der Waals surface area contributed by atoms with Gasteiger partial charge in [-0.3, -0.25) is 0 Å². The summed E-state index contributed by atoms with van der Waals surface area (Å²) in [4.78, 5) is 0. The van der Waals surface area contributed by atoms with E-state index in [0.29, 0.717) is 0 Å². The van der Waals surface area contributed by atoms with Crippen LogP contribution < -0.4 is 10.6 Å². The van der Waals surface area contributed by atoms with E-state index in [1.807, 2.05) is 13.8 Å². The van der Waals surface area contributed by atoms with E-state index in [9.17, 15) is 0 Å². The molecule has 2 fully saturated rings. The summed E-state index contributed by atoms with van der Waals surface area (Å²) in [6, 6.07) is 1.61. The minimum absolute atomic E-state index is 0.804. The normalized spacial score (nSPS) is 35.5. The second-order valence-corrected chi connectivity index (χ2v) is 3.05. The molecule has 2 nitrogen and oxygen atoms in total. The van der Waals surface area contributed by atoms with E-state index < -0.39 is 0 Å². The van der Waals surface area contributed by atoms with Crippen molar-refractivity contribution in [1.29, 1.82) is 0 Å². The van der Waals surface area contributed by atoms with Gasteiger partial charge in [-0.05, 0) is 32.4 Å². The second-order valence-electron chi connectivity index (χ2n) is 3.05. The van der Waals surface area contributed by atoms with Gasteiger partial charge in [0.1, 0.15) is 0 Å². The van der Waals surface area contributed by atoms with Crippen LogP contribution in [0, 0.1) is 0 Å². The van der Waals surface area contributed by atoms with Crippen LogP contribution in [0.5, 0.6) is 0 Å². The van der Waals surface area contributed by atoms with Gasteiger partial charge in [0.05, 0.1) is 0 Å². The highest BCUT2D eigenvalue weighted by molar-refractivity contribution is 4.91. The van der Waals surface area contributed by atoms with Crippen LogP contribution in [0.2, 0.25) is 0 Å². The molecule has 2 heteroatoms. The van der Waals surface area contributed by atoms with Crippen LogP contribution in [-0.2, 0) is 0 Å². The molecule has 0 aromatic rings. The predicted molar refractivity (Wildman–Crippen MR) is 48.8 cm³/mol. The van der Waals surface area contributed by atoms with Gasteiger partial charge in [0.2, 0.25) is 0 Å². The van der Waals surface area contributed by atoms with Crippen LogP contribution in [-0.4, -0.2) is 25.2 Å². The molecule has 0 aromatic heterocycles. The van der Waals surface area contributed by atoms with Crippen LogP contribution in [0.1, 0.15) is 33.1 Å². The van der Waals surface area contributed by atoms with Gasteiger partial charge in [-0.2, -0.15) is 0 Å². The van der Waals surface area contributed by atoms with E-state index in [2.05, 4.69) is 10.6 Å². The molecule has 0 saturated carbocycles. The largest absolute Gasteiger partial charge is 0.312 e. The molecule has 0 bridgehead atoms. The lowest BCUT2D eigenvalue weighted by Gasteiger charge is -2.25. The fourth-order valence-corrected chi connectivity index (χ4v) is 1.92. The van der Waals surface area contributed by atoms with Crippen molar-refractivity contribution >= 4 is 0 Å². The topological polar surface area (TPSA) is 24.1 Å². The Hall–Kier alpha value is -0.0800. The Kier molecular flexibility index (Phi) is 3.87. The first-order valence-corrected chi connectivity index (χ1v) is 4.93. The van der Waals surface area contributed by atoms with Gasteiger partial charge < -0.3 is 10.6 Å². The fourth-order valence-electron chi connectivity index (χ4n) is 1.92. The Balaban J connectivity index is 0.000000281. The van der Waals surface area contributed by atoms with Crippen molar-refractivity contribution in [2.24, 2.45) is 0 Å². The Morgan fingerprint density at radius 2 is 1.55 bits per heavy atom. The molecule has 0 radical (unpaired) electrons. The van der Waals surface area contributed by atoms with Crippen molar-refractivity contribution in [3.63, 3.8) is 0 Å². The molecule has 2 heterocycles. The van der Waals surface area contributed by atoms with Crippen LogP contribution in [0.15, 0.2) is 0 Å². The standard InChI is InChI=1S/C7H14N2.C2H6/c1-2-6-7(8-4-1)3-5-9-6;1-2/h6-9H,1-5H2;1-2H3. The maximum Gasteiger partial charge on any atom is 0.0233 e. The fraction of sp³-hybridized carbons (Fsp3) is 1.00. The third-order valence-corrected chi connectivity index (χ3v) is 2.45. The summed E-state index contributed by atoms with van der Waals surface area (Å²) < 4.78 is 0. The molecule has 66 valence electrons. The van der Waals surface area contributed by atoms with Crippen LogP contribution in [0.3, 0.4) is 0 Å². The van der Waals surface area contributed by atoms with Crippen molar-refractivity contribution in [2.75, 3.05) is 13.1 Å². The van der Waals surface area contributed by atoms with E-state index in [-0.39, 0.29) is 0 Å². The zero-order valence-electron chi connectivity index (χ0n) is 7.69. The summed E-state index contributed by atoms with van der Waals surface area (Å²) in [5, 5.41) is 7.01. The average Bonchev–Trinajstić information content (AvgIpc) is 2.55. The summed E-state index contributed by atoms with van der Waals surface area (Å²) in [5.41, 5.74) is 0. The maximum atomic E-state index is 3.52. The van der Waals surface area contributed by atoms with E-state index >= 15 is 0 Å². The van der Waals surface area contributed by atoms with Crippen LogP contribution in [0.25, 0.3) is 0 Å². The number of hydrogen-bond donors (Lipinski definition) is 2. The first-order valence-electron chi connectivity index (χ1n) is 4.93. The van der Waals surface area contributed by atoms with E-state index in [0.717, 1.165) is 12.1 Å². The number of fused-ring (bicyclic) bond motifs is 1. The minimum atomic E-state index is 0.804. The van der Waals surface area contributed by atoms with Crippen molar-refractivity contribution in [3.8, 4) is 0 Å². The molecule has 0 aliphatic carbocycles. The molecule has 0 aromatic carbocycles. The molecule has 2 aliphatic heterocycles. The van der Waals surface area contributed by atoms with Crippen molar-refractivity contribution in [3.05, 3.63) is 0 Å². The molecule has 2 N–H and O–H groups in total. The highest BCUT2D eigenvalue weighted by Crippen LogP contribution is 2.15. The zero-order chi connectivity index (χ0) is 8.10. The molecule has 2 saturated heterocycles. The van der Waals surface area contributed by atoms with E-state index in [1.165, 1.54) is 32.4 Å². The summed E-state index contributed by atoms with van der Waals surface area (Å²) in [6.45, 7) is 6.46. The van der Waals surface area contributed by atoms with Gasteiger partial charge in [0.25, 0.3) is 0 Å². The average molecular weight is 156 g/mol. The lowest BCUT2D eigenvalue weighted by molar-refractivity contribution is 0.365. The molecule has 11 heavy (non-hydrogen) atoms.